The second kappa shape index (κ2) is 13.9. The first-order valence-electron chi connectivity index (χ1n) is 13.4. The number of halogens is 2. The number of rotatable bonds is 13. The van der Waals surface area contributed by atoms with Gasteiger partial charge in [0, 0.05) is 41.9 Å². The SMILES string of the molecule is CC(CSCC(=O)N(CCCN)C(c1cc(-c2cc(F)ccc2F)cn1Cc1ccccc1)C(C)(C)C)C(=O)O. The van der Waals surface area contributed by atoms with Crippen molar-refractivity contribution in [3.63, 3.8) is 0 Å². The highest BCUT2D eigenvalue weighted by atomic mass is 32.2. The van der Waals surface area contributed by atoms with Crippen LogP contribution in [0.4, 0.5) is 8.78 Å². The molecule has 1 aromatic heterocycles. The predicted octanol–water partition coefficient (Wildman–Crippen LogP) is 6.20. The van der Waals surface area contributed by atoms with Gasteiger partial charge in [0.05, 0.1) is 17.7 Å². The summed E-state index contributed by atoms with van der Waals surface area (Å²) in [7, 11) is 0. The number of carboxylic acid groups (broad SMARTS) is 1. The molecule has 216 valence electrons. The van der Waals surface area contributed by atoms with Crippen molar-refractivity contribution in [3.05, 3.63) is 83.7 Å². The third-order valence-corrected chi connectivity index (χ3v) is 7.90. The normalized spacial score (nSPS) is 13.2. The lowest BCUT2D eigenvalue weighted by Gasteiger charge is -2.41. The van der Waals surface area contributed by atoms with Gasteiger partial charge in [-0.05, 0) is 48.2 Å². The molecule has 0 fully saturated rings. The van der Waals surface area contributed by atoms with Crippen molar-refractivity contribution >= 4 is 23.6 Å². The molecule has 2 unspecified atom stereocenters. The Hall–Kier alpha value is -3.17. The van der Waals surface area contributed by atoms with Gasteiger partial charge in [-0.1, -0.05) is 58.0 Å². The van der Waals surface area contributed by atoms with Crippen LogP contribution in [0.3, 0.4) is 0 Å². The van der Waals surface area contributed by atoms with E-state index in [1.807, 2.05) is 72.8 Å². The Morgan fingerprint density at radius 1 is 1.10 bits per heavy atom. The Morgan fingerprint density at radius 2 is 1.80 bits per heavy atom. The molecule has 2 aromatic carbocycles. The van der Waals surface area contributed by atoms with Crippen LogP contribution in [0.25, 0.3) is 11.1 Å². The molecule has 0 bridgehead atoms. The van der Waals surface area contributed by atoms with Crippen LogP contribution < -0.4 is 5.73 Å². The van der Waals surface area contributed by atoms with E-state index < -0.39 is 35.0 Å². The van der Waals surface area contributed by atoms with Crippen LogP contribution in [0, 0.1) is 23.0 Å². The minimum absolute atomic E-state index is 0.123. The Morgan fingerprint density at radius 3 is 2.42 bits per heavy atom. The highest BCUT2D eigenvalue weighted by Crippen LogP contribution is 2.41. The van der Waals surface area contributed by atoms with Crippen molar-refractivity contribution in [2.45, 2.75) is 46.7 Å². The molecule has 0 radical (unpaired) electrons. The maximum absolute atomic E-state index is 14.9. The predicted molar refractivity (Wildman–Crippen MR) is 157 cm³/mol. The van der Waals surface area contributed by atoms with E-state index in [1.54, 1.807) is 6.92 Å². The molecule has 6 nitrogen and oxygen atoms in total. The maximum Gasteiger partial charge on any atom is 0.307 e. The van der Waals surface area contributed by atoms with Gasteiger partial charge in [-0.25, -0.2) is 8.78 Å². The summed E-state index contributed by atoms with van der Waals surface area (Å²) in [6, 6.07) is 14.6. The zero-order valence-corrected chi connectivity index (χ0v) is 24.4. The molecular formula is C31H39F2N3O3S. The first kappa shape index (κ1) is 31.4. The number of hydrogen-bond donors (Lipinski definition) is 2. The van der Waals surface area contributed by atoms with Crippen molar-refractivity contribution in [1.29, 1.82) is 0 Å². The van der Waals surface area contributed by atoms with E-state index in [9.17, 15) is 23.5 Å². The molecule has 0 spiro atoms. The summed E-state index contributed by atoms with van der Waals surface area (Å²) >= 11 is 1.29. The van der Waals surface area contributed by atoms with Gasteiger partial charge < -0.3 is 20.3 Å². The van der Waals surface area contributed by atoms with Crippen LogP contribution in [0.5, 0.6) is 0 Å². The summed E-state index contributed by atoms with van der Waals surface area (Å²) in [4.78, 5) is 26.8. The van der Waals surface area contributed by atoms with Gasteiger partial charge in [-0.2, -0.15) is 11.8 Å². The number of amides is 1. The van der Waals surface area contributed by atoms with Crippen LogP contribution >= 0.6 is 11.8 Å². The lowest BCUT2D eigenvalue weighted by atomic mass is 9.83. The minimum Gasteiger partial charge on any atom is -0.481 e. The van der Waals surface area contributed by atoms with E-state index in [1.165, 1.54) is 17.8 Å². The van der Waals surface area contributed by atoms with E-state index in [2.05, 4.69) is 0 Å². The minimum atomic E-state index is -0.900. The molecule has 0 aliphatic rings. The Balaban J connectivity index is 2.10. The van der Waals surface area contributed by atoms with E-state index in [4.69, 9.17) is 5.73 Å². The molecule has 3 N–H and O–H groups in total. The maximum atomic E-state index is 14.9. The molecule has 2 atom stereocenters. The second-order valence-corrected chi connectivity index (χ2v) is 12.2. The Bertz CT molecular complexity index is 1290. The van der Waals surface area contributed by atoms with Crippen LogP contribution in [-0.4, -0.2) is 51.0 Å². The number of thioether (sulfide) groups is 1. The quantitative estimate of drug-likeness (QED) is 0.255. The molecule has 40 heavy (non-hydrogen) atoms. The molecule has 3 aromatic rings. The smallest absolute Gasteiger partial charge is 0.307 e. The van der Waals surface area contributed by atoms with Crippen LogP contribution in [-0.2, 0) is 16.1 Å². The third kappa shape index (κ3) is 8.17. The average Bonchev–Trinajstić information content (AvgIpc) is 3.29. The van der Waals surface area contributed by atoms with E-state index >= 15 is 0 Å². The summed E-state index contributed by atoms with van der Waals surface area (Å²) in [6.07, 6.45) is 2.40. The Kier molecular flexibility index (Phi) is 10.9. The van der Waals surface area contributed by atoms with Gasteiger partial charge in [0.1, 0.15) is 11.6 Å². The molecule has 0 saturated carbocycles. The number of carboxylic acids is 1. The monoisotopic (exact) mass is 571 g/mol. The summed E-state index contributed by atoms with van der Waals surface area (Å²) in [5.74, 6) is -2.21. The van der Waals surface area contributed by atoms with Gasteiger partial charge in [-0.15, -0.1) is 0 Å². The highest BCUT2D eigenvalue weighted by molar-refractivity contribution is 7.99. The number of carbonyl (C=O) groups is 2. The number of nitrogens with two attached hydrogens (primary N) is 1. The van der Waals surface area contributed by atoms with Crippen molar-refractivity contribution in [3.8, 4) is 11.1 Å². The number of aliphatic carboxylic acids is 1. The van der Waals surface area contributed by atoms with Gasteiger partial charge in [0.25, 0.3) is 0 Å². The van der Waals surface area contributed by atoms with Crippen LogP contribution in [0.2, 0.25) is 0 Å². The summed E-state index contributed by atoms with van der Waals surface area (Å²) < 4.78 is 31.0. The molecule has 3 rings (SSSR count). The number of aromatic nitrogens is 1. The summed E-state index contributed by atoms with van der Waals surface area (Å²) in [6.45, 7) is 9.03. The molecule has 1 amide bonds. The number of benzene rings is 2. The van der Waals surface area contributed by atoms with E-state index in [-0.39, 0.29) is 17.2 Å². The molecular weight excluding hydrogens is 532 g/mol. The van der Waals surface area contributed by atoms with Crippen LogP contribution in [0.15, 0.2) is 60.8 Å². The van der Waals surface area contributed by atoms with Crippen molar-refractivity contribution < 1.29 is 23.5 Å². The number of nitrogens with zero attached hydrogens (tertiary/aromatic N) is 2. The van der Waals surface area contributed by atoms with Gasteiger partial charge in [0.2, 0.25) is 5.91 Å². The molecule has 9 heteroatoms. The lowest BCUT2D eigenvalue weighted by Crippen LogP contribution is -2.44. The fraction of sp³-hybridized carbons (Fsp3) is 0.419. The first-order chi connectivity index (χ1) is 18.9. The number of hydrogen-bond acceptors (Lipinski definition) is 4. The lowest BCUT2D eigenvalue weighted by molar-refractivity contribution is -0.140. The molecule has 0 aliphatic heterocycles. The molecule has 0 saturated heterocycles. The van der Waals surface area contributed by atoms with Gasteiger partial charge in [0.15, 0.2) is 0 Å². The summed E-state index contributed by atoms with van der Waals surface area (Å²) in [5, 5.41) is 9.23. The van der Waals surface area contributed by atoms with Gasteiger partial charge in [-0.3, -0.25) is 9.59 Å². The molecule has 0 aliphatic carbocycles. The van der Waals surface area contributed by atoms with Crippen molar-refractivity contribution in [2.75, 3.05) is 24.6 Å². The zero-order chi connectivity index (χ0) is 29.4. The fourth-order valence-corrected chi connectivity index (χ4v) is 5.70. The van der Waals surface area contributed by atoms with Crippen molar-refractivity contribution in [1.82, 2.24) is 9.47 Å². The Labute approximate surface area is 239 Å². The average molecular weight is 572 g/mol. The summed E-state index contributed by atoms with van der Waals surface area (Å²) in [5.41, 5.74) is 7.91. The second-order valence-electron chi connectivity index (χ2n) is 11.1. The topological polar surface area (TPSA) is 88.6 Å². The zero-order valence-electron chi connectivity index (χ0n) is 23.6. The largest absolute Gasteiger partial charge is 0.481 e. The molecule has 1 heterocycles. The number of carbonyl (C=O) groups excluding carboxylic acids is 1. The van der Waals surface area contributed by atoms with Gasteiger partial charge >= 0.3 is 5.97 Å². The van der Waals surface area contributed by atoms with Crippen molar-refractivity contribution in [2.24, 2.45) is 17.1 Å². The standard InChI is InChI=1S/C31H39F2N3O3S/c1-21(30(38)39)19-40-20-28(37)36(14-8-13-34)29(31(2,3)4)27-15-23(25-16-24(32)11-12-26(25)33)18-35(27)17-22-9-6-5-7-10-22/h5-7,9-12,15-16,18,21,29H,8,13-14,17,19-20,34H2,1-4H3,(H,38,39). The van der Waals surface area contributed by atoms with E-state index in [0.29, 0.717) is 37.4 Å². The highest BCUT2D eigenvalue weighted by Gasteiger charge is 2.37. The van der Waals surface area contributed by atoms with E-state index in [0.717, 1.165) is 23.4 Å². The third-order valence-electron chi connectivity index (χ3n) is 6.72. The first-order valence-corrected chi connectivity index (χ1v) is 14.6. The van der Waals surface area contributed by atoms with Crippen LogP contribution in [0.1, 0.15) is 51.4 Å². The fourth-order valence-electron chi connectivity index (χ4n) is 4.75.